The van der Waals surface area contributed by atoms with E-state index in [2.05, 4.69) is 36.3 Å². The summed E-state index contributed by atoms with van der Waals surface area (Å²) in [6.45, 7) is 4.10. The lowest BCUT2D eigenvalue weighted by molar-refractivity contribution is 0.0857. The summed E-state index contributed by atoms with van der Waals surface area (Å²) >= 11 is 0. The Balaban J connectivity index is 1.73. The molecule has 1 aliphatic rings. The van der Waals surface area contributed by atoms with Crippen molar-refractivity contribution < 1.29 is 4.79 Å². The first-order valence-corrected chi connectivity index (χ1v) is 8.28. The van der Waals surface area contributed by atoms with E-state index in [1.165, 1.54) is 5.56 Å². The maximum absolute atomic E-state index is 12.7. The highest BCUT2D eigenvalue weighted by Crippen LogP contribution is 2.24. The van der Waals surface area contributed by atoms with Crippen LogP contribution in [0.3, 0.4) is 0 Å². The molecule has 1 heterocycles. The molecule has 0 atom stereocenters. The number of likely N-dealkylation sites (tertiary alicyclic amines) is 1. The van der Waals surface area contributed by atoms with Crippen LogP contribution in [0.5, 0.6) is 0 Å². The third kappa shape index (κ3) is 3.99. The summed E-state index contributed by atoms with van der Waals surface area (Å²) in [6, 6.07) is 16.1. The zero-order valence-electron chi connectivity index (χ0n) is 13.9. The number of nitrogens with zero attached hydrogens (tertiary/aromatic N) is 1. The second-order valence-corrected chi connectivity index (χ2v) is 6.52. The molecular formula is C20H24N2O. The fourth-order valence-electron chi connectivity index (χ4n) is 3.15. The molecule has 1 aliphatic heterocycles. The molecule has 3 rings (SSSR count). The van der Waals surface area contributed by atoms with Gasteiger partial charge in [0.2, 0.25) is 0 Å². The van der Waals surface area contributed by atoms with E-state index in [4.69, 9.17) is 0 Å². The van der Waals surface area contributed by atoms with Crippen LogP contribution in [-0.2, 0) is 0 Å². The smallest absolute Gasteiger partial charge is 0.166 e. The number of rotatable bonds is 4. The normalized spacial score (nSPS) is 16.3. The number of piperidine rings is 1. The molecule has 1 saturated heterocycles. The summed E-state index contributed by atoms with van der Waals surface area (Å²) in [5, 5.41) is 3.39. The molecule has 2 aromatic carbocycles. The van der Waals surface area contributed by atoms with Gasteiger partial charge in [0, 0.05) is 22.9 Å². The molecule has 2 aromatic rings. The molecule has 0 saturated carbocycles. The maximum atomic E-state index is 12.7. The highest BCUT2D eigenvalue weighted by molar-refractivity contribution is 5.98. The van der Waals surface area contributed by atoms with E-state index in [9.17, 15) is 4.79 Å². The van der Waals surface area contributed by atoms with Crippen LogP contribution >= 0.6 is 0 Å². The Labute approximate surface area is 138 Å². The van der Waals surface area contributed by atoms with Crippen molar-refractivity contribution in [1.82, 2.24) is 4.90 Å². The van der Waals surface area contributed by atoms with Crippen molar-refractivity contribution in [3.8, 4) is 0 Å². The molecule has 3 nitrogen and oxygen atoms in total. The van der Waals surface area contributed by atoms with Gasteiger partial charge in [-0.25, -0.2) is 0 Å². The van der Waals surface area contributed by atoms with Gasteiger partial charge in [0.25, 0.3) is 0 Å². The van der Waals surface area contributed by atoms with Crippen molar-refractivity contribution in [2.24, 2.45) is 5.92 Å². The Hall–Kier alpha value is -2.13. The zero-order chi connectivity index (χ0) is 16.2. The average Bonchev–Trinajstić information content (AvgIpc) is 2.55. The molecule has 0 aliphatic carbocycles. The molecular weight excluding hydrogens is 284 g/mol. The van der Waals surface area contributed by atoms with Crippen molar-refractivity contribution in [1.29, 1.82) is 0 Å². The van der Waals surface area contributed by atoms with Crippen molar-refractivity contribution in [2.75, 3.05) is 25.5 Å². The van der Waals surface area contributed by atoms with Crippen LogP contribution < -0.4 is 5.32 Å². The Morgan fingerprint density at radius 2 is 1.70 bits per heavy atom. The molecule has 3 heteroatoms. The standard InChI is InChI=1S/C20H24N2O/c1-15-5-3-7-18(13-15)21-19-8-4-6-17(14-19)20(23)16-9-11-22(2)12-10-16/h3-8,13-14,16,21H,9-12H2,1-2H3. The van der Waals surface area contributed by atoms with Crippen molar-refractivity contribution in [3.05, 3.63) is 59.7 Å². The number of benzene rings is 2. The van der Waals surface area contributed by atoms with Crippen LogP contribution in [0.1, 0.15) is 28.8 Å². The Kier molecular flexibility index (Phi) is 4.77. The summed E-state index contributed by atoms with van der Waals surface area (Å²) in [5.74, 6) is 0.450. The highest BCUT2D eigenvalue weighted by atomic mass is 16.1. The van der Waals surface area contributed by atoms with E-state index in [0.29, 0.717) is 0 Å². The number of ketones is 1. The summed E-state index contributed by atoms with van der Waals surface area (Å²) in [5.41, 5.74) is 4.05. The van der Waals surface area contributed by atoms with Crippen LogP contribution in [0.25, 0.3) is 0 Å². The predicted octanol–water partition coefficient (Wildman–Crippen LogP) is 4.26. The number of aryl methyl sites for hydroxylation is 1. The molecule has 0 amide bonds. The lowest BCUT2D eigenvalue weighted by Gasteiger charge is -2.28. The fourth-order valence-corrected chi connectivity index (χ4v) is 3.15. The molecule has 0 bridgehead atoms. The van der Waals surface area contributed by atoms with E-state index >= 15 is 0 Å². The molecule has 1 fully saturated rings. The first kappa shape index (κ1) is 15.8. The van der Waals surface area contributed by atoms with E-state index < -0.39 is 0 Å². The lowest BCUT2D eigenvalue weighted by Crippen LogP contribution is -2.33. The quantitative estimate of drug-likeness (QED) is 0.856. The third-order valence-electron chi connectivity index (χ3n) is 4.54. The van der Waals surface area contributed by atoms with Gasteiger partial charge in [0.15, 0.2) is 5.78 Å². The van der Waals surface area contributed by atoms with Crippen molar-refractivity contribution in [2.45, 2.75) is 19.8 Å². The van der Waals surface area contributed by atoms with Crippen molar-refractivity contribution in [3.63, 3.8) is 0 Å². The number of carbonyl (C=O) groups is 1. The summed E-state index contributed by atoms with van der Waals surface area (Å²) < 4.78 is 0. The predicted molar refractivity (Wildman–Crippen MR) is 95.5 cm³/mol. The second-order valence-electron chi connectivity index (χ2n) is 6.52. The van der Waals surface area contributed by atoms with E-state index in [1.807, 2.05) is 36.4 Å². The number of Topliss-reactive ketones (excluding diaryl/α,β-unsaturated/α-hetero) is 1. The topological polar surface area (TPSA) is 32.3 Å². The van der Waals surface area contributed by atoms with Crippen LogP contribution in [0.2, 0.25) is 0 Å². The molecule has 0 spiro atoms. The minimum Gasteiger partial charge on any atom is -0.356 e. The number of anilines is 2. The number of hydrogen-bond acceptors (Lipinski definition) is 3. The Morgan fingerprint density at radius 3 is 2.39 bits per heavy atom. The van der Waals surface area contributed by atoms with Gasteiger partial charge in [-0.3, -0.25) is 4.79 Å². The maximum Gasteiger partial charge on any atom is 0.166 e. The van der Waals surface area contributed by atoms with E-state index in [1.54, 1.807) is 0 Å². The SMILES string of the molecule is Cc1cccc(Nc2cccc(C(=O)C3CCN(C)CC3)c2)c1. The summed E-state index contributed by atoms with van der Waals surface area (Å²) in [4.78, 5) is 15.0. The van der Waals surface area contributed by atoms with Crippen LogP contribution in [0.4, 0.5) is 11.4 Å². The molecule has 120 valence electrons. The average molecular weight is 308 g/mol. The molecule has 1 N–H and O–H groups in total. The third-order valence-corrected chi connectivity index (χ3v) is 4.54. The number of nitrogens with one attached hydrogen (secondary N) is 1. The van der Waals surface area contributed by atoms with E-state index in [-0.39, 0.29) is 11.7 Å². The summed E-state index contributed by atoms with van der Waals surface area (Å²) in [6.07, 6.45) is 1.93. The highest BCUT2D eigenvalue weighted by Gasteiger charge is 2.24. The van der Waals surface area contributed by atoms with E-state index in [0.717, 1.165) is 42.9 Å². The van der Waals surface area contributed by atoms with Crippen LogP contribution in [0.15, 0.2) is 48.5 Å². The molecule has 23 heavy (non-hydrogen) atoms. The van der Waals surface area contributed by atoms with Gasteiger partial charge in [-0.05, 0) is 69.7 Å². The van der Waals surface area contributed by atoms with Gasteiger partial charge in [-0.2, -0.15) is 0 Å². The first-order chi connectivity index (χ1) is 11.1. The summed E-state index contributed by atoms with van der Waals surface area (Å²) in [7, 11) is 2.12. The second kappa shape index (κ2) is 6.97. The van der Waals surface area contributed by atoms with Crippen molar-refractivity contribution >= 4 is 17.2 Å². The van der Waals surface area contributed by atoms with Gasteiger partial charge in [0.1, 0.15) is 0 Å². The fraction of sp³-hybridized carbons (Fsp3) is 0.350. The number of carbonyl (C=O) groups excluding carboxylic acids is 1. The minimum atomic E-state index is 0.167. The van der Waals surface area contributed by atoms with Crippen LogP contribution in [0, 0.1) is 12.8 Å². The molecule has 0 radical (unpaired) electrons. The van der Waals surface area contributed by atoms with Gasteiger partial charge in [-0.1, -0.05) is 24.3 Å². The van der Waals surface area contributed by atoms with Gasteiger partial charge in [0.05, 0.1) is 0 Å². The minimum absolute atomic E-state index is 0.167. The monoisotopic (exact) mass is 308 g/mol. The Bertz CT molecular complexity index is 688. The lowest BCUT2D eigenvalue weighted by atomic mass is 9.89. The first-order valence-electron chi connectivity index (χ1n) is 8.28. The van der Waals surface area contributed by atoms with Gasteiger partial charge < -0.3 is 10.2 Å². The van der Waals surface area contributed by atoms with Gasteiger partial charge in [-0.15, -0.1) is 0 Å². The molecule has 0 aromatic heterocycles. The van der Waals surface area contributed by atoms with Gasteiger partial charge >= 0.3 is 0 Å². The Morgan fingerprint density at radius 1 is 1.04 bits per heavy atom. The number of hydrogen-bond donors (Lipinski definition) is 1. The molecule has 0 unspecified atom stereocenters. The largest absolute Gasteiger partial charge is 0.356 e. The van der Waals surface area contributed by atoms with Crippen LogP contribution in [-0.4, -0.2) is 30.8 Å². The zero-order valence-corrected chi connectivity index (χ0v) is 13.9.